The Kier molecular flexibility index (Phi) is 6.74. The van der Waals surface area contributed by atoms with E-state index in [-0.39, 0.29) is 18.4 Å². The lowest BCUT2D eigenvalue weighted by Crippen LogP contribution is -2.51. The Morgan fingerprint density at radius 2 is 1.90 bits per heavy atom. The van der Waals surface area contributed by atoms with Crippen LogP contribution in [0.25, 0.3) is 0 Å². The number of para-hydroxylation sites is 2. The Morgan fingerprint density at radius 1 is 1.17 bits per heavy atom. The molecule has 1 unspecified atom stereocenters. The van der Waals surface area contributed by atoms with Crippen LogP contribution in [0.15, 0.2) is 42.7 Å². The number of rotatable bonds is 7. The van der Waals surface area contributed by atoms with E-state index in [1.807, 2.05) is 36.1 Å². The van der Waals surface area contributed by atoms with Gasteiger partial charge in [0.2, 0.25) is 11.8 Å². The maximum atomic E-state index is 12.7. The molecule has 1 aliphatic heterocycles. The number of hydrogen-bond donors (Lipinski definition) is 0. The molecule has 3 rings (SSSR count). The van der Waals surface area contributed by atoms with Gasteiger partial charge < -0.3 is 19.4 Å². The van der Waals surface area contributed by atoms with E-state index in [0.29, 0.717) is 19.7 Å². The van der Waals surface area contributed by atoms with Gasteiger partial charge in [-0.2, -0.15) is 5.10 Å². The summed E-state index contributed by atoms with van der Waals surface area (Å²) in [6.07, 6.45) is 3.38. The molecule has 29 heavy (non-hydrogen) atoms. The van der Waals surface area contributed by atoms with Crippen molar-refractivity contribution in [1.29, 1.82) is 0 Å². The monoisotopic (exact) mass is 399 g/mol. The average molecular weight is 399 g/mol. The molecule has 1 fully saturated rings. The molecule has 0 saturated carbocycles. The summed E-state index contributed by atoms with van der Waals surface area (Å²) >= 11 is 0. The third-order valence-corrected chi connectivity index (χ3v) is 5.17. The maximum Gasteiger partial charge on any atom is 0.247 e. The van der Waals surface area contributed by atoms with Gasteiger partial charge in [-0.1, -0.05) is 12.1 Å². The van der Waals surface area contributed by atoms with Crippen LogP contribution in [0.3, 0.4) is 0 Å². The highest BCUT2D eigenvalue weighted by atomic mass is 16.5. The summed E-state index contributed by atoms with van der Waals surface area (Å²) in [6, 6.07) is 9.32. The highest BCUT2D eigenvalue weighted by Gasteiger charge is 2.26. The third-order valence-electron chi connectivity index (χ3n) is 5.17. The van der Waals surface area contributed by atoms with E-state index in [2.05, 4.69) is 10.00 Å². The Bertz CT molecular complexity index is 815. The molecular formula is C21H29N5O3. The van der Waals surface area contributed by atoms with Crippen LogP contribution in [0.5, 0.6) is 5.75 Å². The first kappa shape index (κ1) is 20.7. The smallest absolute Gasteiger partial charge is 0.247 e. The second kappa shape index (κ2) is 9.45. The number of carbonyl (C=O) groups excluding carboxylic acids is 2. The Hall–Kier alpha value is -3.03. The molecule has 0 radical (unpaired) electrons. The van der Waals surface area contributed by atoms with Gasteiger partial charge in [-0.3, -0.25) is 14.3 Å². The zero-order valence-corrected chi connectivity index (χ0v) is 17.3. The van der Waals surface area contributed by atoms with Crippen molar-refractivity contribution in [3.8, 4) is 5.75 Å². The van der Waals surface area contributed by atoms with Gasteiger partial charge in [0.05, 0.1) is 18.8 Å². The fourth-order valence-electron chi connectivity index (χ4n) is 3.52. The Morgan fingerprint density at radius 3 is 2.55 bits per heavy atom. The fraction of sp³-hybridized carbons (Fsp3) is 0.476. The van der Waals surface area contributed by atoms with Crippen LogP contribution in [0.4, 0.5) is 5.69 Å². The highest BCUT2D eigenvalue weighted by molar-refractivity contribution is 5.86. The Labute approximate surface area is 171 Å². The second-order valence-corrected chi connectivity index (χ2v) is 7.12. The zero-order chi connectivity index (χ0) is 20.8. The van der Waals surface area contributed by atoms with Gasteiger partial charge >= 0.3 is 0 Å². The van der Waals surface area contributed by atoms with Gasteiger partial charge in [0.25, 0.3) is 0 Å². The van der Waals surface area contributed by atoms with Gasteiger partial charge in [-0.25, -0.2) is 0 Å². The molecule has 1 saturated heterocycles. The standard InChI is InChI=1S/C21H29N5O3/c1-4-29-19-9-6-5-8-18(19)24-12-14-25(15-13-24)20(27)16-23(3)21(28)17(2)26-11-7-10-22-26/h5-11,17H,4,12-16H2,1-3H3. The van der Waals surface area contributed by atoms with E-state index in [9.17, 15) is 9.59 Å². The summed E-state index contributed by atoms with van der Waals surface area (Å²) in [5, 5.41) is 4.10. The third kappa shape index (κ3) is 4.88. The van der Waals surface area contributed by atoms with Crippen molar-refractivity contribution in [2.45, 2.75) is 19.9 Å². The second-order valence-electron chi connectivity index (χ2n) is 7.12. The van der Waals surface area contributed by atoms with Crippen LogP contribution in [0.2, 0.25) is 0 Å². The summed E-state index contributed by atoms with van der Waals surface area (Å²) in [7, 11) is 1.66. The first-order valence-corrected chi connectivity index (χ1v) is 10.00. The number of nitrogens with zero attached hydrogens (tertiary/aromatic N) is 5. The molecule has 0 bridgehead atoms. The average Bonchev–Trinajstić information content (AvgIpc) is 3.28. The summed E-state index contributed by atoms with van der Waals surface area (Å²) in [4.78, 5) is 30.8. The van der Waals surface area contributed by atoms with E-state index in [1.165, 1.54) is 4.90 Å². The molecule has 0 spiro atoms. The Balaban J connectivity index is 1.53. The van der Waals surface area contributed by atoms with Crippen LogP contribution in [0, 0.1) is 0 Å². The molecule has 2 amide bonds. The van der Waals surface area contributed by atoms with Crippen LogP contribution in [0.1, 0.15) is 19.9 Å². The number of piperazine rings is 1. The van der Waals surface area contributed by atoms with Gasteiger partial charge in [0, 0.05) is 45.6 Å². The van der Waals surface area contributed by atoms with Crippen molar-refractivity contribution < 1.29 is 14.3 Å². The molecule has 1 atom stereocenters. The van der Waals surface area contributed by atoms with Crippen LogP contribution in [-0.2, 0) is 9.59 Å². The number of carbonyl (C=O) groups is 2. The van der Waals surface area contributed by atoms with Crippen molar-refractivity contribution >= 4 is 17.5 Å². The molecule has 2 aromatic rings. The maximum absolute atomic E-state index is 12.7. The summed E-state index contributed by atoms with van der Waals surface area (Å²) in [5.74, 6) is 0.699. The van der Waals surface area contributed by atoms with Crippen molar-refractivity contribution in [2.75, 3.05) is 51.3 Å². The minimum atomic E-state index is -0.435. The van der Waals surface area contributed by atoms with Crippen LogP contribution in [-0.4, -0.2) is 77.8 Å². The van der Waals surface area contributed by atoms with E-state index in [1.54, 1.807) is 37.1 Å². The molecule has 8 heteroatoms. The summed E-state index contributed by atoms with van der Waals surface area (Å²) in [5.41, 5.74) is 1.06. The van der Waals surface area contributed by atoms with Crippen molar-refractivity contribution in [2.24, 2.45) is 0 Å². The lowest BCUT2D eigenvalue weighted by molar-refractivity contribution is -0.141. The van der Waals surface area contributed by atoms with Crippen LogP contribution < -0.4 is 9.64 Å². The molecule has 1 aromatic heterocycles. The predicted octanol–water partition coefficient (Wildman–Crippen LogP) is 1.65. The highest BCUT2D eigenvalue weighted by Crippen LogP contribution is 2.28. The minimum Gasteiger partial charge on any atom is -0.492 e. The van der Waals surface area contributed by atoms with Crippen molar-refractivity contribution in [3.63, 3.8) is 0 Å². The summed E-state index contributed by atoms with van der Waals surface area (Å²) in [6.45, 7) is 7.15. The van der Waals surface area contributed by atoms with E-state index < -0.39 is 6.04 Å². The van der Waals surface area contributed by atoms with Crippen molar-refractivity contribution in [3.05, 3.63) is 42.7 Å². The van der Waals surface area contributed by atoms with Gasteiger partial charge in [0.1, 0.15) is 11.8 Å². The van der Waals surface area contributed by atoms with Gasteiger partial charge in [-0.05, 0) is 32.0 Å². The number of ether oxygens (including phenoxy) is 1. The van der Waals surface area contributed by atoms with Gasteiger partial charge in [0.15, 0.2) is 0 Å². The first-order chi connectivity index (χ1) is 14.0. The van der Waals surface area contributed by atoms with E-state index in [0.717, 1.165) is 24.5 Å². The summed E-state index contributed by atoms with van der Waals surface area (Å²) < 4.78 is 7.32. The normalized spacial score (nSPS) is 15.1. The molecule has 1 aromatic carbocycles. The van der Waals surface area contributed by atoms with E-state index in [4.69, 9.17) is 4.74 Å². The van der Waals surface area contributed by atoms with Crippen LogP contribution >= 0.6 is 0 Å². The number of hydrogen-bond acceptors (Lipinski definition) is 5. The number of benzene rings is 1. The van der Waals surface area contributed by atoms with E-state index >= 15 is 0 Å². The van der Waals surface area contributed by atoms with Crippen molar-refractivity contribution in [1.82, 2.24) is 19.6 Å². The number of aromatic nitrogens is 2. The minimum absolute atomic E-state index is 0.0359. The number of amides is 2. The quantitative estimate of drug-likeness (QED) is 0.708. The largest absolute Gasteiger partial charge is 0.492 e. The molecule has 0 N–H and O–H groups in total. The number of likely N-dealkylation sites (N-methyl/N-ethyl adjacent to an activating group) is 1. The SMILES string of the molecule is CCOc1ccccc1N1CCN(C(=O)CN(C)C(=O)C(C)n2cccn2)CC1. The molecule has 0 aliphatic carbocycles. The fourth-order valence-corrected chi connectivity index (χ4v) is 3.52. The molecule has 156 valence electrons. The topological polar surface area (TPSA) is 70.9 Å². The predicted molar refractivity (Wildman–Crippen MR) is 111 cm³/mol. The lowest BCUT2D eigenvalue weighted by Gasteiger charge is -2.37. The number of anilines is 1. The first-order valence-electron chi connectivity index (χ1n) is 10.00. The zero-order valence-electron chi connectivity index (χ0n) is 17.3. The molecule has 2 heterocycles. The van der Waals surface area contributed by atoms with Gasteiger partial charge in [-0.15, -0.1) is 0 Å². The molecular weight excluding hydrogens is 370 g/mol. The lowest BCUT2D eigenvalue weighted by atomic mass is 10.2. The molecule has 8 nitrogen and oxygen atoms in total. The molecule has 1 aliphatic rings.